The van der Waals surface area contributed by atoms with Crippen LogP contribution in [0.5, 0.6) is 11.5 Å². The quantitative estimate of drug-likeness (QED) is 0.687. The van der Waals surface area contributed by atoms with Gasteiger partial charge < -0.3 is 14.8 Å². The van der Waals surface area contributed by atoms with Gasteiger partial charge in [-0.05, 0) is 71.7 Å². The number of carbonyl (C=O) groups excluding carboxylic acids is 1. The molecule has 8 heteroatoms. The molecule has 0 unspecified atom stereocenters. The molecule has 0 aliphatic heterocycles. The van der Waals surface area contributed by atoms with Crippen LogP contribution >= 0.6 is 11.6 Å². The zero-order chi connectivity index (χ0) is 19.4. The van der Waals surface area contributed by atoms with Crippen molar-refractivity contribution in [2.24, 2.45) is 0 Å². The molecular formula is C19H18ClN3O4. The lowest BCUT2D eigenvalue weighted by Crippen LogP contribution is -2.20. The first-order chi connectivity index (χ1) is 13.0. The lowest BCUT2D eigenvalue weighted by Gasteiger charge is -2.08. The van der Waals surface area contributed by atoms with Crippen LogP contribution in [-0.4, -0.2) is 29.9 Å². The molecule has 1 amide bonds. The predicted octanol–water partition coefficient (Wildman–Crippen LogP) is 4.03. The van der Waals surface area contributed by atoms with E-state index in [1.54, 1.807) is 25.3 Å². The fourth-order valence-electron chi connectivity index (χ4n) is 2.51. The van der Waals surface area contributed by atoms with E-state index in [1.165, 1.54) is 0 Å². The van der Waals surface area contributed by atoms with E-state index in [-0.39, 0.29) is 18.3 Å². The van der Waals surface area contributed by atoms with Gasteiger partial charge in [-0.2, -0.15) is 0 Å². The molecule has 0 spiro atoms. The van der Waals surface area contributed by atoms with Crippen molar-refractivity contribution < 1.29 is 18.9 Å². The van der Waals surface area contributed by atoms with Crippen LogP contribution in [0.25, 0.3) is 11.3 Å². The van der Waals surface area contributed by atoms with E-state index in [4.69, 9.17) is 25.7 Å². The van der Waals surface area contributed by atoms with E-state index in [0.29, 0.717) is 16.5 Å². The fourth-order valence-corrected chi connectivity index (χ4v) is 2.63. The summed E-state index contributed by atoms with van der Waals surface area (Å²) in [5.41, 5.74) is 2.97. The van der Waals surface area contributed by atoms with Gasteiger partial charge in [-0.1, -0.05) is 11.6 Å². The molecule has 1 N–H and O–H groups in total. The van der Waals surface area contributed by atoms with Crippen LogP contribution in [0.4, 0.5) is 5.82 Å². The van der Waals surface area contributed by atoms with Gasteiger partial charge >= 0.3 is 0 Å². The van der Waals surface area contributed by atoms with Crippen molar-refractivity contribution in [1.29, 1.82) is 0 Å². The van der Waals surface area contributed by atoms with Crippen LogP contribution < -0.4 is 14.8 Å². The molecule has 3 rings (SSSR count). The Bertz CT molecular complexity index is 971. The summed E-state index contributed by atoms with van der Waals surface area (Å²) in [4.78, 5) is 12.2. The topological polar surface area (TPSA) is 86.5 Å². The number of benzene rings is 2. The average molecular weight is 388 g/mol. The van der Waals surface area contributed by atoms with E-state index in [2.05, 4.69) is 15.6 Å². The molecule has 7 nitrogen and oxygen atoms in total. The molecule has 0 bridgehead atoms. The molecule has 27 heavy (non-hydrogen) atoms. The Labute approximate surface area is 161 Å². The number of nitrogens with zero attached hydrogens (tertiary/aromatic N) is 2. The van der Waals surface area contributed by atoms with Gasteiger partial charge in [-0.15, -0.1) is 0 Å². The Morgan fingerprint density at radius 1 is 1.15 bits per heavy atom. The molecular weight excluding hydrogens is 370 g/mol. The number of rotatable bonds is 6. The largest absolute Gasteiger partial charge is 0.496 e. The smallest absolute Gasteiger partial charge is 0.263 e. The summed E-state index contributed by atoms with van der Waals surface area (Å²) in [6, 6.07) is 10.7. The standard InChI is InChI=1S/C19H18ClN3O4/c1-11-9-14(5-6-15(11)20)26-10-17(24)21-19-18(22-27-23-19)13-4-7-16(25-3)12(2)8-13/h4-9H,10H2,1-3H3,(H,21,23,24). The number of aryl methyl sites for hydroxylation is 2. The number of amides is 1. The highest BCUT2D eigenvalue weighted by atomic mass is 35.5. The van der Waals surface area contributed by atoms with Gasteiger partial charge in [0.15, 0.2) is 12.3 Å². The third-order valence-electron chi connectivity index (χ3n) is 3.91. The Morgan fingerprint density at radius 2 is 1.96 bits per heavy atom. The summed E-state index contributed by atoms with van der Waals surface area (Å²) >= 11 is 5.98. The lowest BCUT2D eigenvalue weighted by molar-refractivity contribution is -0.118. The highest BCUT2D eigenvalue weighted by molar-refractivity contribution is 6.31. The van der Waals surface area contributed by atoms with Crippen LogP contribution in [0, 0.1) is 13.8 Å². The summed E-state index contributed by atoms with van der Waals surface area (Å²) in [7, 11) is 1.60. The van der Waals surface area contributed by atoms with Crippen molar-refractivity contribution in [3.05, 3.63) is 52.5 Å². The van der Waals surface area contributed by atoms with E-state index >= 15 is 0 Å². The van der Waals surface area contributed by atoms with Crippen LogP contribution in [-0.2, 0) is 4.79 Å². The Kier molecular flexibility index (Phi) is 5.61. The molecule has 3 aromatic rings. The maximum Gasteiger partial charge on any atom is 0.263 e. The maximum atomic E-state index is 12.2. The second kappa shape index (κ2) is 8.09. The first kappa shape index (κ1) is 18.7. The van der Waals surface area contributed by atoms with Crippen molar-refractivity contribution in [1.82, 2.24) is 10.3 Å². The van der Waals surface area contributed by atoms with Crippen molar-refractivity contribution >= 4 is 23.3 Å². The highest BCUT2D eigenvalue weighted by Crippen LogP contribution is 2.29. The monoisotopic (exact) mass is 387 g/mol. The third-order valence-corrected chi connectivity index (χ3v) is 4.34. The predicted molar refractivity (Wildman–Crippen MR) is 101 cm³/mol. The normalized spacial score (nSPS) is 10.5. The second-order valence-electron chi connectivity index (χ2n) is 5.89. The number of halogens is 1. The van der Waals surface area contributed by atoms with E-state index in [0.717, 1.165) is 22.4 Å². The molecule has 0 aliphatic rings. The van der Waals surface area contributed by atoms with E-state index in [1.807, 2.05) is 32.0 Å². The van der Waals surface area contributed by atoms with Gasteiger partial charge in [0.05, 0.1) is 7.11 Å². The van der Waals surface area contributed by atoms with E-state index < -0.39 is 0 Å². The summed E-state index contributed by atoms with van der Waals surface area (Å²) in [5.74, 6) is 1.15. The minimum absolute atomic E-state index is 0.186. The van der Waals surface area contributed by atoms with Crippen LogP contribution in [0.2, 0.25) is 5.02 Å². The number of anilines is 1. The molecule has 0 saturated heterocycles. The molecule has 1 aromatic heterocycles. The lowest BCUT2D eigenvalue weighted by atomic mass is 10.1. The van der Waals surface area contributed by atoms with Crippen molar-refractivity contribution in [3.63, 3.8) is 0 Å². The van der Waals surface area contributed by atoms with Crippen LogP contribution in [0.15, 0.2) is 41.0 Å². The number of hydrogen-bond donors (Lipinski definition) is 1. The first-order valence-electron chi connectivity index (χ1n) is 8.14. The molecule has 140 valence electrons. The van der Waals surface area contributed by atoms with Gasteiger partial charge in [0.25, 0.3) is 5.91 Å². The number of methoxy groups -OCH3 is 1. The molecule has 0 saturated carbocycles. The fraction of sp³-hybridized carbons (Fsp3) is 0.211. The summed E-state index contributed by atoms with van der Waals surface area (Å²) < 4.78 is 15.5. The minimum atomic E-state index is -0.384. The molecule has 0 fully saturated rings. The maximum absolute atomic E-state index is 12.2. The Hall–Kier alpha value is -3.06. The zero-order valence-corrected chi connectivity index (χ0v) is 15.8. The number of nitrogens with one attached hydrogen (secondary N) is 1. The van der Waals surface area contributed by atoms with E-state index in [9.17, 15) is 4.79 Å². The molecule has 2 aromatic carbocycles. The summed E-state index contributed by atoms with van der Waals surface area (Å²) in [6.07, 6.45) is 0. The third kappa shape index (κ3) is 4.38. The van der Waals surface area contributed by atoms with Gasteiger partial charge in [0.2, 0.25) is 5.82 Å². The minimum Gasteiger partial charge on any atom is -0.496 e. The average Bonchev–Trinajstić information content (AvgIpc) is 3.10. The van der Waals surface area contributed by atoms with Crippen molar-refractivity contribution in [2.45, 2.75) is 13.8 Å². The van der Waals surface area contributed by atoms with Crippen molar-refractivity contribution in [2.75, 3.05) is 19.0 Å². The molecule has 0 aliphatic carbocycles. The Balaban J connectivity index is 1.68. The van der Waals surface area contributed by atoms with Gasteiger partial charge in [-0.25, -0.2) is 4.63 Å². The highest BCUT2D eigenvalue weighted by Gasteiger charge is 2.16. The number of carbonyl (C=O) groups is 1. The summed E-state index contributed by atoms with van der Waals surface area (Å²) in [5, 5.41) is 10.9. The first-order valence-corrected chi connectivity index (χ1v) is 8.52. The number of aromatic nitrogens is 2. The second-order valence-corrected chi connectivity index (χ2v) is 6.30. The molecule has 0 radical (unpaired) electrons. The summed E-state index contributed by atoms with van der Waals surface area (Å²) in [6.45, 7) is 3.59. The van der Waals surface area contributed by atoms with Gasteiger partial charge in [0, 0.05) is 10.6 Å². The molecule has 1 heterocycles. The Morgan fingerprint density at radius 3 is 2.67 bits per heavy atom. The number of hydrogen-bond acceptors (Lipinski definition) is 6. The molecule has 0 atom stereocenters. The van der Waals surface area contributed by atoms with Crippen LogP contribution in [0.1, 0.15) is 11.1 Å². The van der Waals surface area contributed by atoms with Gasteiger partial charge in [0.1, 0.15) is 11.5 Å². The van der Waals surface area contributed by atoms with Gasteiger partial charge in [-0.3, -0.25) is 4.79 Å². The number of ether oxygens (including phenoxy) is 2. The SMILES string of the molecule is COc1ccc(-c2nonc2NC(=O)COc2ccc(Cl)c(C)c2)cc1C. The zero-order valence-electron chi connectivity index (χ0n) is 15.1. The van der Waals surface area contributed by atoms with Crippen molar-refractivity contribution in [3.8, 4) is 22.8 Å². The van der Waals surface area contributed by atoms with Crippen LogP contribution in [0.3, 0.4) is 0 Å².